The molecule has 2 N–H and O–H groups in total. The highest BCUT2D eigenvalue weighted by molar-refractivity contribution is 5.43. The molecule has 1 aromatic carbocycles. The maximum Gasteiger partial charge on any atom is 0.131 e. The van der Waals surface area contributed by atoms with Gasteiger partial charge in [0.15, 0.2) is 0 Å². The zero-order valence-electron chi connectivity index (χ0n) is 13.1. The Labute approximate surface area is 131 Å². The molecule has 1 atom stereocenters. The van der Waals surface area contributed by atoms with Gasteiger partial charge in [0.1, 0.15) is 11.6 Å². The number of piperazine rings is 1. The molecule has 122 valence electrons. The summed E-state index contributed by atoms with van der Waals surface area (Å²) in [6.45, 7) is 6.87. The molecule has 0 bridgehead atoms. The minimum Gasteiger partial charge on any atom is -0.507 e. The van der Waals surface area contributed by atoms with Crippen LogP contribution >= 0.6 is 0 Å². The van der Waals surface area contributed by atoms with Crippen molar-refractivity contribution in [1.82, 2.24) is 10.2 Å². The molecular weight excluding hydrogens is 283 g/mol. The molecule has 2 fully saturated rings. The Morgan fingerprint density at radius 3 is 2.64 bits per heavy atom. The summed E-state index contributed by atoms with van der Waals surface area (Å²) in [6.07, 6.45) is 1.84. The molecule has 4 nitrogen and oxygen atoms in total. The van der Waals surface area contributed by atoms with Gasteiger partial charge in [0.25, 0.3) is 0 Å². The van der Waals surface area contributed by atoms with Gasteiger partial charge in [-0.05, 0) is 37.3 Å². The third-order valence-corrected chi connectivity index (χ3v) is 4.92. The molecule has 2 aliphatic heterocycles. The van der Waals surface area contributed by atoms with Crippen molar-refractivity contribution < 1.29 is 14.2 Å². The molecule has 5 heteroatoms. The van der Waals surface area contributed by atoms with Crippen LogP contribution in [0.3, 0.4) is 0 Å². The number of aromatic hydroxyl groups is 1. The predicted molar refractivity (Wildman–Crippen MR) is 83.5 cm³/mol. The number of hydrogen-bond donors (Lipinski definition) is 2. The van der Waals surface area contributed by atoms with E-state index in [1.165, 1.54) is 6.07 Å². The normalized spacial score (nSPS) is 22.6. The Kier molecular flexibility index (Phi) is 4.96. The van der Waals surface area contributed by atoms with E-state index >= 15 is 0 Å². The smallest absolute Gasteiger partial charge is 0.131 e. The molecule has 0 aliphatic carbocycles. The average Bonchev–Trinajstić information content (AvgIpc) is 2.57. The molecule has 3 rings (SSSR count). The van der Waals surface area contributed by atoms with Gasteiger partial charge in [-0.25, -0.2) is 4.39 Å². The topological polar surface area (TPSA) is 44.7 Å². The van der Waals surface area contributed by atoms with Crippen LogP contribution in [0.2, 0.25) is 0 Å². The molecule has 2 aliphatic rings. The van der Waals surface area contributed by atoms with E-state index in [-0.39, 0.29) is 17.6 Å². The first-order valence-corrected chi connectivity index (χ1v) is 8.19. The number of phenolic OH excluding ortho intramolecular Hbond substituents is 1. The van der Waals surface area contributed by atoms with Crippen molar-refractivity contribution in [3.63, 3.8) is 0 Å². The highest BCUT2D eigenvalue weighted by Crippen LogP contribution is 2.41. The first kappa shape index (κ1) is 15.7. The van der Waals surface area contributed by atoms with Crippen LogP contribution < -0.4 is 5.32 Å². The molecule has 0 unspecified atom stereocenters. The van der Waals surface area contributed by atoms with Gasteiger partial charge in [0, 0.05) is 51.0 Å². The standard InChI is InChI=1S/C17H25FN2O2/c1-12-2-3-14(18)15(17(12)21)16(13-4-10-22-11-5-13)20-8-6-19-7-9-20/h2-3,13,16,19,21H,4-11H2,1H3/t16-/m0/s1. The minimum atomic E-state index is -0.293. The maximum absolute atomic E-state index is 14.6. The Hall–Kier alpha value is -1.17. The highest BCUT2D eigenvalue weighted by atomic mass is 19.1. The fraction of sp³-hybridized carbons (Fsp3) is 0.647. The summed E-state index contributed by atoms with van der Waals surface area (Å²) in [7, 11) is 0. The fourth-order valence-corrected chi connectivity index (χ4v) is 3.68. The van der Waals surface area contributed by atoms with Crippen molar-refractivity contribution in [2.75, 3.05) is 39.4 Å². The zero-order valence-corrected chi connectivity index (χ0v) is 13.1. The van der Waals surface area contributed by atoms with Gasteiger partial charge < -0.3 is 15.2 Å². The Balaban J connectivity index is 1.98. The van der Waals surface area contributed by atoms with Gasteiger partial charge in [-0.15, -0.1) is 0 Å². The third-order valence-electron chi connectivity index (χ3n) is 4.92. The molecule has 2 saturated heterocycles. The highest BCUT2D eigenvalue weighted by Gasteiger charge is 2.35. The quantitative estimate of drug-likeness (QED) is 0.899. The maximum atomic E-state index is 14.6. The first-order valence-electron chi connectivity index (χ1n) is 8.19. The summed E-state index contributed by atoms with van der Waals surface area (Å²) in [5, 5.41) is 13.8. The SMILES string of the molecule is Cc1ccc(F)c([C@H](C2CCOCC2)N2CCNCC2)c1O. The van der Waals surface area contributed by atoms with Crippen molar-refractivity contribution in [3.8, 4) is 5.75 Å². The summed E-state index contributed by atoms with van der Waals surface area (Å²) in [4.78, 5) is 2.32. The number of benzene rings is 1. The fourth-order valence-electron chi connectivity index (χ4n) is 3.68. The number of aryl methyl sites for hydroxylation is 1. The lowest BCUT2D eigenvalue weighted by molar-refractivity contribution is 0.0195. The van der Waals surface area contributed by atoms with E-state index in [2.05, 4.69) is 10.2 Å². The van der Waals surface area contributed by atoms with E-state index < -0.39 is 0 Å². The van der Waals surface area contributed by atoms with Crippen LogP contribution in [-0.2, 0) is 4.74 Å². The van der Waals surface area contributed by atoms with Gasteiger partial charge in [-0.2, -0.15) is 0 Å². The largest absolute Gasteiger partial charge is 0.507 e. The van der Waals surface area contributed by atoms with Crippen molar-refractivity contribution in [2.45, 2.75) is 25.8 Å². The number of nitrogens with one attached hydrogen (secondary N) is 1. The molecule has 22 heavy (non-hydrogen) atoms. The Morgan fingerprint density at radius 2 is 1.95 bits per heavy atom. The van der Waals surface area contributed by atoms with Crippen molar-refractivity contribution in [1.29, 1.82) is 0 Å². The number of hydrogen-bond acceptors (Lipinski definition) is 4. The van der Waals surface area contributed by atoms with Crippen molar-refractivity contribution in [3.05, 3.63) is 29.1 Å². The second-order valence-corrected chi connectivity index (χ2v) is 6.31. The summed E-state index contributed by atoms with van der Waals surface area (Å²) < 4.78 is 20.0. The van der Waals surface area contributed by atoms with Crippen LogP contribution in [0.25, 0.3) is 0 Å². The number of nitrogens with zero attached hydrogens (tertiary/aromatic N) is 1. The molecule has 0 saturated carbocycles. The van der Waals surface area contributed by atoms with Gasteiger partial charge in [-0.3, -0.25) is 4.90 Å². The van der Waals surface area contributed by atoms with Gasteiger partial charge >= 0.3 is 0 Å². The van der Waals surface area contributed by atoms with Gasteiger partial charge in [-0.1, -0.05) is 6.07 Å². The molecular formula is C17H25FN2O2. The summed E-state index contributed by atoms with van der Waals surface area (Å²) >= 11 is 0. The van der Waals surface area contributed by atoms with Crippen LogP contribution in [-0.4, -0.2) is 49.4 Å². The lowest BCUT2D eigenvalue weighted by atomic mass is 9.84. The molecule has 2 heterocycles. The van der Waals surface area contributed by atoms with Crippen molar-refractivity contribution in [2.24, 2.45) is 5.92 Å². The lowest BCUT2D eigenvalue weighted by Crippen LogP contribution is -2.47. The minimum absolute atomic E-state index is 0.0640. The molecule has 1 aromatic rings. The zero-order chi connectivity index (χ0) is 15.5. The Morgan fingerprint density at radius 1 is 1.27 bits per heavy atom. The average molecular weight is 308 g/mol. The van der Waals surface area contributed by atoms with Crippen molar-refractivity contribution >= 4 is 0 Å². The van der Waals surface area contributed by atoms with Crippen LogP contribution in [0, 0.1) is 18.7 Å². The van der Waals surface area contributed by atoms with E-state index in [0.29, 0.717) is 11.5 Å². The molecule has 0 spiro atoms. The number of phenols is 1. The second kappa shape index (κ2) is 6.94. The monoisotopic (exact) mass is 308 g/mol. The molecule has 0 aromatic heterocycles. The van der Waals surface area contributed by atoms with Gasteiger partial charge in [0.2, 0.25) is 0 Å². The van der Waals surface area contributed by atoms with Crippen LogP contribution in [0.1, 0.15) is 30.0 Å². The van der Waals surface area contributed by atoms with E-state index in [1.807, 2.05) is 6.92 Å². The van der Waals surface area contributed by atoms with E-state index in [9.17, 15) is 9.50 Å². The van der Waals surface area contributed by atoms with Gasteiger partial charge in [0.05, 0.1) is 0 Å². The number of ether oxygens (including phenoxy) is 1. The second-order valence-electron chi connectivity index (χ2n) is 6.31. The molecule has 0 radical (unpaired) electrons. The van der Waals surface area contributed by atoms with Crippen LogP contribution in [0.4, 0.5) is 4.39 Å². The predicted octanol–water partition coefficient (Wildman–Crippen LogP) is 2.21. The number of halogens is 1. The summed E-state index contributed by atoms with van der Waals surface area (Å²) in [6, 6.07) is 3.07. The van der Waals surface area contributed by atoms with E-state index in [1.54, 1.807) is 6.07 Å². The number of rotatable bonds is 3. The summed E-state index contributed by atoms with van der Waals surface area (Å²) in [5.41, 5.74) is 1.22. The van der Waals surface area contributed by atoms with Crippen LogP contribution in [0.15, 0.2) is 12.1 Å². The Bertz CT molecular complexity index is 494. The first-order chi connectivity index (χ1) is 10.7. The van der Waals surface area contributed by atoms with E-state index in [4.69, 9.17) is 4.74 Å². The molecule has 0 amide bonds. The summed E-state index contributed by atoms with van der Waals surface area (Å²) in [5.74, 6) is 0.155. The third kappa shape index (κ3) is 3.12. The van der Waals surface area contributed by atoms with E-state index in [0.717, 1.165) is 57.8 Å². The van der Waals surface area contributed by atoms with Crippen LogP contribution in [0.5, 0.6) is 5.75 Å². The lowest BCUT2D eigenvalue weighted by Gasteiger charge is -2.41.